The molecule has 4 rings (SSSR count). The molecule has 168 valence electrons. The van der Waals surface area contributed by atoms with Gasteiger partial charge in [0.05, 0.1) is 11.5 Å². The minimum atomic E-state index is -4.80. The maximum absolute atomic E-state index is 14.1. The summed E-state index contributed by atoms with van der Waals surface area (Å²) in [4.78, 5) is 28.9. The Labute approximate surface area is 195 Å². The highest BCUT2D eigenvalue weighted by molar-refractivity contribution is 8.03. The Morgan fingerprint density at radius 3 is 2.44 bits per heavy atom. The van der Waals surface area contributed by atoms with Gasteiger partial charge in [-0.15, -0.1) is 11.8 Å². The van der Waals surface area contributed by atoms with Crippen LogP contribution in [0.1, 0.15) is 33.5 Å². The molecule has 0 saturated carbocycles. The summed E-state index contributed by atoms with van der Waals surface area (Å²) >= 11 is 13.2. The van der Waals surface area contributed by atoms with E-state index in [9.17, 15) is 22.8 Å². The SMILES string of the molecule is Cc1cc(C2=NOC(c3cc(Cl)cc(Cl)c3)(C(F)(F)F)C2)ccc1C(=O)NC1SCC1=O. The first-order chi connectivity index (χ1) is 15.0. The van der Waals surface area contributed by atoms with Gasteiger partial charge < -0.3 is 10.2 Å². The van der Waals surface area contributed by atoms with Crippen molar-refractivity contribution in [2.45, 2.75) is 30.5 Å². The molecule has 2 heterocycles. The second-order valence-corrected chi connectivity index (χ2v) is 9.42. The van der Waals surface area contributed by atoms with E-state index in [1.54, 1.807) is 13.0 Å². The van der Waals surface area contributed by atoms with E-state index >= 15 is 0 Å². The van der Waals surface area contributed by atoms with Crippen molar-refractivity contribution in [1.82, 2.24) is 5.32 Å². The Morgan fingerprint density at radius 2 is 1.91 bits per heavy atom. The number of halogens is 5. The fourth-order valence-electron chi connectivity index (χ4n) is 3.50. The lowest BCUT2D eigenvalue weighted by Crippen LogP contribution is -2.46. The first-order valence-corrected chi connectivity index (χ1v) is 11.2. The predicted octanol–water partition coefficient (Wildman–Crippen LogP) is 5.26. The molecule has 1 amide bonds. The van der Waals surface area contributed by atoms with Gasteiger partial charge in [-0.05, 0) is 48.4 Å². The van der Waals surface area contributed by atoms with Crippen LogP contribution in [0.2, 0.25) is 10.0 Å². The van der Waals surface area contributed by atoms with E-state index in [-0.39, 0.29) is 27.1 Å². The van der Waals surface area contributed by atoms with Crippen LogP contribution in [-0.4, -0.2) is 34.7 Å². The summed E-state index contributed by atoms with van der Waals surface area (Å²) < 4.78 is 42.4. The van der Waals surface area contributed by atoms with Gasteiger partial charge >= 0.3 is 6.18 Å². The van der Waals surface area contributed by atoms with Crippen LogP contribution in [0, 0.1) is 6.92 Å². The van der Waals surface area contributed by atoms with Gasteiger partial charge in [0.2, 0.25) is 0 Å². The zero-order valence-electron chi connectivity index (χ0n) is 16.4. The molecule has 0 aromatic heterocycles. The normalized spacial score (nSPS) is 22.8. The number of oxime groups is 1. The highest BCUT2D eigenvalue weighted by Crippen LogP contribution is 2.49. The Bertz CT molecular complexity index is 1140. The third-order valence-electron chi connectivity index (χ3n) is 5.27. The standard InChI is InChI=1S/C21H15Cl2F3N2O3S/c1-10-4-11(2-3-15(10)18(30)27-19-17(29)9-32-19)16-8-20(31-28-16,21(24,25)26)12-5-13(22)7-14(23)6-12/h2-7,19H,8-9H2,1H3,(H,27,30). The number of ketones is 1. The number of nitrogens with zero attached hydrogens (tertiary/aromatic N) is 1. The molecular formula is C21H15Cl2F3N2O3S. The molecule has 2 aliphatic heterocycles. The number of benzene rings is 2. The Kier molecular flexibility index (Phi) is 5.94. The van der Waals surface area contributed by atoms with Gasteiger partial charge in [-0.25, -0.2) is 0 Å². The molecule has 0 radical (unpaired) electrons. The Hall–Kier alpha value is -2.23. The van der Waals surface area contributed by atoms with Crippen molar-refractivity contribution in [3.63, 3.8) is 0 Å². The highest BCUT2D eigenvalue weighted by Gasteiger charge is 2.62. The van der Waals surface area contributed by atoms with Crippen LogP contribution >= 0.6 is 35.0 Å². The molecule has 32 heavy (non-hydrogen) atoms. The molecule has 2 aromatic rings. The lowest BCUT2D eigenvalue weighted by Gasteiger charge is -2.29. The number of hydrogen-bond acceptors (Lipinski definition) is 5. The van der Waals surface area contributed by atoms with Gasteiger partial charge in [-0.3, -0.25) is 9.59 Å². The molecule has 0 bridgehead atoms. The van der Waals surface area contributed by atoms with Crippen LogP contribution in [0.3, 0.4) is 0 Å². The minimum Gasteiger partial charge on any atom is -0.374 e. The van der Waals surface area contributed by atoms with Crippen LogP contribution in [-0.2, 0) is 15.2 Å². The van der Waals surface area contributed by atoms with Crippen molar-refractivity contribution in [3.05, 3.63) is 68.7 Å². The number of carbonyl (C=O) groups is 2. The Balaban J connectivity index is 1.60. The van der Waals surface area contributed by atoms with E-state index in [2.05, 4.69) is 10.5 Å². The van der Waals surface area contributed by atoms with Crippen LogP contribution < -0.4 is 5.32 Å². The molecule has 1 fully saturated rings. The maximum Gasteiger partial charge on any atom is 0.435 e. The number of Topliss-reactive ketones (excluding diaryl/α,β-unsaturated/α-hetero) is 1. The van der Waals surface area contributed by atoms with E-state index in [1.165, 1.54) is 30.0 Å². The third-order valence-corrected chi connectivity index (χ3v) is 6.87. The molecule has 2 unspecified atom stereocenters. The van der Waals surface area contributed by atoms with Crippen LogP contribution in [0.5, 0.6) is 0 Å². The third kappa shape index (κ3) is 4.09. The van der Waals surface area contributed by atoms with Crippen molar-refractivity contribution in [3.8, 4) is 0 Å². The molecule has 1 saturated heterocycles. The summed E-state index contributed by atoms with van der Waals surface area (Å²) in [5.74, 6) is -0.122. The summed E-state index contributed by atoms with van der Waals surface area (Å²) in [5, 5.41) is 5.87. The number of carbonyl (C=O) groups excluding carboxylic acids is 2. The first kappa shape index (κ1) is 22.9. The number of thioether (sulfide) groups is 1. The lowest BCUT2D eigenvalue weighted by molar-refractivity contribution is -0.275. The second-order valence-electron chi connectivity index (χ2n) is 7.45. The monoisotopic (exact) mass is 502 g/mol. The molecule has 2 aromatic carbocycles. The van der Waals surface area contributed by atoms with Crippen LogP contribution in [0.15, 0.2) is 41.6 Å². The predicted molar refractivity (Wildman–Crippen MR) is 116 cm³/mol. The fourth-order valence-corrected chi connectivity index (χ4v) is 4.68. The van der Waals surface area contributed by atoms with E-state index in [0.717, 1.165) is 12.1 Å². The molecule has 1 N–H and O–H groups in total. The van der Waals surface area contributed by atoms with Gasteiger partial charge in [-0.1, -0.05) is 34.4 Å². The number of aryl methyl sites for hydroxylation is 1. The van der Waals surface area contributed by atoms with Crippen LogP contribution in [0.25, 0.3) is 0 Å². The van der Waals surface area contributed by atoms with E-state index in [1.807, 2.05) is 0 Å². The van der Waals surface area contributed by atoms with Gasteiger partial charge in [0.1, 0.15) is 5.37 Å². The molecule has 5 nitrogen and oxygen atoms in total. The molecule has 0 aliphatic carbocycles. The van der Waals surface area contributed by atoms with Gasteiger partial charge in [0.15, 0.2) is 5.78 Å². The maximum atomic E-state index is 14.1. The van der Waals surface area contributed by atoms with Gasteiger partial charge in [-0.2, -0.15) is 13.2 Å². The fraction of sp³-hybridized carbons (Fsp3) is 0.286. The summed E-state index contributed by atoms with van der Waals surface area (Å²) in [6.07, 6.45) is -5.39. The topological polar surface area (TPSA) is 67.8 Å². The molecular weight excluding hydrogens is 488 g/mol. The highest BCUT2D eigenvalue weighted by atomic mass is 35.5. The number of hydrogen-bond donors (Lipinski definition) is 1. The van der Waals surface area contributed by atoms with Crippen molar-refractivity contribution < 1.29 is 27.6 Å². The van der Waals surface area contributed by atoms with E-state index < -0.39 is 29.5 Å². The zero-order valence-corrected chi connectivity index (χ0v) is 18.8. The summed E-state index contributed by atoms with van der Waals surface area (Å²) in [5.41, 5.74) is -1.70. The van der Waals surface area contributed by atoms with Crippen LogP contribution in [0.4, 0.5) is 13.2 Å². The number of nitrogens with one attached hydrogen (secondary N) is 1. The number of rotatable bonds is 4. The van der Waals surface area contributed by atoms with Crippen molar-refractivity contribution in [2.24, 2.45) is 5.16 Å². The lowest BCUT2D eigenvalue weighted by atomic mass is 9.86. The second kappa shape index (κ2) is 8.28. The minimum absolute atomic E-state index is 0.0440. The van der Waals surface area contributed by atoms with Crippen molar-refractivity contribution in [1.29, 1.82) is 0 Å². The quantitative estimate of drug-likeness (QED) is 0.619. The number of alkyl halides is 3. The molecule has 0 spiro atoms. The Morgan fingerprint density at radius 1 is 1.22 bits per heavy atom. The average molecular weight is 503 g/mol. The first-order valence-electron chi connectivity index (χ1n) is 9.35. The smallest absolute Gasteiger partial charge is 0.374 e. The van der Waals surface area contributed by atoms with E-state index in [4.69, 9.17) is 28.0 Å². The average Bonchev–Trinajstić information content (AvgIpc) is 3.17. The zero-order chi connectivity index (χ0) is 23.3. The van der Waals surface area contributed by atoms with Crippen molar-refractivity contribution >= 4 is 52.4 Å². The molecule has 2 atom stereocenters. The molecule has 11 heteroatoms. The van der Waals surface area contributed by atoms with Gasteiger partial charge in [0, 0.05) is 27.6 Å². The largest absolute Gasteiger partial charge is 0.435 e. The summed E-state index contributed by atoms with van der Waals surface area (Å²) in [6, 6.07) is 8.17. The van der Waals surface area contributed by atoms with Gasteiger partial charge in [0.25, 0.3) is 11.5 Å². The van der Waals surface area contributed by atoms with Crippen molar-refractivity contribution in [2.75, 3.05) is 5.75 Å². The number of amides is 1. The summed E-state index contributed by atoms with van der Waals surface area (Å²) in [7, 11) is 0. The summed E-state index contributed by atoms with van der Waals surface area (Å²) in [6.45, 7) is 1.65. The van der Waals surface area contributed by atoms with E-state index in [0.29, 0.717) is 22.4 Å². The molecule has 2 aliphatic rings.